The van der Waals surface area contributed by atoms with Crippen molar-refractivity contribution in [2.24, 2.45) is 0 Å². The minimum absolute atomic E-state index is 0.142. The van der Waals surface area contributed by atoms with Gasteiger partial charge in [0.1, 0.15) is 5.69 Å². The highest BCUT2D eigenvalue weighted by atomic mass is 19.4. The second kappa shape index (κ2) is 6.76. The highest BCUT2D eigenvalue weighted by Gasteiger charge is 2.33. The predicted molar refractivity (Wildman–Crippen MR) is 82.4 cm³/mol. The van der Waals surface area contributed by atoms with Crippen LogP contribution in [0.5, 0.6) is 0 Å². The topological polar surface area (TPSA) is 50.1 Å². The van der Waals surface area contributed by atoms with Crippen molar-refractivity contribution in [1.29, 1.82) is 0 Å². The highest BCUT2D eigenvalue weighted by Crippen LogP contribution is 2.28. The third-order valence-corrected chi connectivity index (χ3v) is 4.01. The van der Waals surface area contributed by atoms with Crippen molar-refractivity contribution in [1.82, 2.24) is 24.6 Å². The summed E-state index contributed by atoms with van der Waals surface area (Å²) in [6, 6.07) is 0.894. The van der Waals surface area contributed by atoms with Crippen LogP contribution in [0.2, 0.25) is 0 Å². The summed E-state index contributed by atoms with van der Waals surface area (Å²) in [4.78, 5) is 11.7. The van der Waals surface area contributed by atoms with E-state index in [0.29, 0.717) is 13.1 Å². The molecule has 1 saturated heterocycles. The molecule has 1 fully saturated rings. The Bertz CT molecular complexity index is 676. The maximum atomic E-state index is 12.7. The van der Waals surface area contributed by atoms with Crippen molar-refractivity contribution >= 4 is 5.95 Å². The Kier molecular flexibility index (Phi) is 4.70. The molecule has 0 bridgehead atoms. The lowest BCUT2D eigenvalue weighted by Crippen LogP contribution is -2.46. The lowest BCUT2D eigenvalue weighted by atomic mass is 10.2. The molecular formula is C15H19F3N6. The number of aryl methyl sites for hydroxylation is 1. The summed E-state index contributed by atoms with van der Waals surface area (Å²) in [6.07, 6.45) is 0.587. The van der Waals surface area contributed by atoms with E-state index in [1.54, 1.807) is 4.90 Å². The van der Waals surface area contributed by atoms with Crippen LogP contribution in [-0.2, 0) is 19.3 Å². The number of aromatic nitrogens is 4. The minimum Gasteiger partial charge on any atom is -0.338 e. The first-order valence-corrected chi connectivity index (χ1v) is 7.84. The van der Waals surface area contributed by atoms with Crippen LogP contribution < -0.4 is 4.90 Å². The second-order valence-electron chi connectivity index (χ2n) is 5.71. The van der Waals surface area contributed by atoms with Crippen LogP contribution in [0.3, 0.4) is 0 Å². The van der Waals surface area contributed by atoms with Gasteiger partial charge >= 0.3 is 6.18 Å². The minimum atomic E-state index is -4.45. The third kappa shape index (κ3) is 3.84. The molecule has 130 valence electrons. The summed E-state index contributed by atoms with van der Waals surface area (Å²) < 4.78 is 40.1. The van der Waals surface area contributed by atoms with Gasteiger partial charge in [-0.25, -0.2) is 9.97 Å². The van der Waals surface area contributed by atoms with Gasteiger partial charge in [0, 0.05) is 57.2 Å². The van der Waals surface area contributed by atoms with Crippen molar-refractivity contribution in [3.8, 4) is 0 Å². The van der Waals surface area contributed by atoms with Crippen LogP contribution >= 0.6 is 0 Å². The van der Waals surface area contributed by atoms with Gasteiger partial charge in [-0.2, -0.15) is 18.3 Å². The molecule has 0 aromatic carbocycles. The number of anilines is 1. The number of hydrogen-bond acceptors (Lipinski definition) is 5. The standard InChI is InChI=1S/C15H19F3N6/c1-2-24-11-12(9-20-24)10-22-5-7-23(8-6-22)14-19-4-3-13(21-14)15(16,17)18/h3-4,9,11H,2,5-8,10H2,1H3. The third-order valence-electron chi connectivity index (χ3n) is 4.01. The Balaban J connectivity index is 1.59. The highest BCUT2D eigenvalue weighted by molar-refractivity contribution is 5.31. The van der Waals surface area contributed by atoms with E-state index < -0.39 is 11.9 Å². The SMILES string of the molecule is CCn1cc(CN2CCN(c3nccc(C(F)(F)F)n3)CC2)cn1. The molecule has 3 rings (SSSR count). The van der Waals surface area contributed by atoms with Crippen LogP contribution in [0.25, 0.3) is 0 Å². The Morgan fingerprint density at radius 1 is 1.17 bits per heavy atom. The molecule has 2 aromatic rings. The lowest BCUT2D eigenvalue weighted by Gasteiger charge is -2.34. The van der Waals surface area contributed by atoms with Crippen molar-refractivity contribution in [3.63, 3.8) is 0 Å². The Hall–Kier alpha value is -2.16. The molecule has 0 spiro atoms. The Morgan fingerprint density at radius 3 is 2.54 bits per heavy atom. The Labute approximate surface area is 137 Å². The van der Waals surface area contributed by atoms with Gasteiger partial charge in [0.2, 0.25) is 5.95 Å². The van der Waals surface area contributed by atoms with Crippen molar-refractivity contribution < 1.29 is 13.2 Å². The van der Waals surface area contributed by atoms with Gasteiger partial charge in [-0.05, 0) is 13.0 Å². The van der Waals surface area contributed by atoms with E-state index in [-0.39, 0.29) is 5.95 Å². The fourth-order valence-corrected chi connectivity index (χ4v) is 2.68. The zero-order chi connectivity index (χ0) is 17.2. The van der Waals surface area contributed by atoms with Crippen LogP contribution in [0.4, 0.5) is 19.1 Å². The zero-order valence-corrected chi connectivity index (χ0v) is 13.4. The molecule has 6 nitrogen and oxygen atoms in total. The Morgan fingerprint density at radius 2 is 1.92 bits per heavy atom. The summed E-state index contributed by atoms with van der Waals surface area (Å²) in [5.74, 6) is 0.142. The largest absolute Gasteiger partial charge is 0.433 e. The number of alkyl halides is 3. The van der Waals surface area contributed by atoms with E-state index in [9.17, 15) is 13.2 Å². The zero-order valence-electron chi connectivity index (χ0n) is 13.4. The van der Waals surface area contributed by atoms with E-state index in [4.69, 9.17) is 0 Å². The molecule has 3 heterocycles. The summed E-state index contributed by atoms with van der Waals surface area (Å²) in [5, 5.41) is 4.25. The smallest absolute Gasteiger partial charge is 0.338 e. The van der Waals surface area contributed by atoms with Crippen LogP contribution in [0.15, 0.2) is 24.7 Å². The summed E-state index contributed by atoms with van der Waals surface area (Å²) in [5.41, 5.74) is 0.238. The quantitative estimate of drug-likeness (QED) is 0.852. The van der Waals surface area contributed by atoms with Crippen molar-refractivity contribution in [2.75, 3.05) is 31.1 Å². The van der Waals surface area contributed by atoms with Crippen molar-refractivity contribution in [3.05, 3.63) is 35.9 Å². The van der Waals surface area contributed by atoms with E-state index in [1.165, 1.54) is 0 Å². The number of hydrogen-bond donors (Lipinski definition) is 0. The van der Waals surface area contributed by atoms with Gasteiger partial charge in [-0.1, -0.05) is 0 Å². The maximum Gasteiger partial charge on any atom is 0.433 e. The van der Waals surface area contributed by atoms with E-state index in [2.05, 4.69) is 20.0 Å². The monoisotopic (exact) mass is 340 g/mol. The molecule has 0 aliphatic carbocycles. The molecule has 9 heteroatoms. The van der Waals surface area contributed by atoms with Crippen molar-refractivity contribution in [2.45, 2.75) is 26.2 Å². The average molecular weight is 340 g/mol. The number of piperazine rings is 1. The molecule has 0 saturated carbocycles. The molecule has 0 atom stereocenters. The summed E-state index contributed by atoms with van der Waals surface area (Å²) >= 11 is 0. The summed E-state index contributed by atoms with van der Waals surface area (Å²) in [6.45, 7) is 6.35. The number of rotatable bonds is 4. The summed E-state index contributed by atoms with van der Waals surface area (Å²) in [7, 11) is 0. The van der Waals surface area contributed by atoms with E-state index in [0.717, 1.165) is 44.0 Å². The average Bonchev–Trinajstić information content (AvgIpc) is 3.02. The van der Waals surface area contributed by atoms with E-state index >= 15 is 0 Å². The lowest BCUT2D eigenvalue weighted by molar-refractivity contribution is -0.141. The van der Waals surface area contributed by atoms with Crippen LogP contribution in [0.1, 0.15) is 18.2 Å². The van der Waals surface area contributed by atoms with Gasteiger partial charge in [0.15, 0.2) is 0 Å². The molecule has 1 aliphatic rings. The van der Waals surface area contributed by atoms with Gasteiger partial charge in [0.05, 0.1) is 6.20 Å². The van der Waals surface area contributed by atoms with Gasteiger partial charge in [-0.3, -0.25) is 9.58 Å². The van der Waals surface area contributed by atoms with Crippen LogP contribution in [-0.4, -0.2) is 50.8 Å². The van der Waals surface area contributed by atoms with Gasteiger partial charge in [-0.15, -0.1) is 0 Å². The second-order valence-corrected chi connectivity index (χ2v) is 5.71. The van der Waals surface area contributed by atoms with Gasteiger partial charge < -0.3 is 4.90 Å². The number of halogens is 3. The first-order valence-electron chi connectivity index (χ1n) is 7.84. The first kappa shape index (κ1) is 16.7. The fraction of sp³-hybridized carbons (Fsp3) is 0.533. The first-order chi connectivity index (χ1) is 11.5. The molecule has 0 N–H and O–H groups in total. The molecule has 0 unspecified atom stereocenters. The molecule has 0 radical (unpaired) electrons. The molecule has 0 amide bonds. The predicted octanol–water partition coefficient (Wildman–Crippen LogP) is 2.03. The maximum absolute atomic E-state index is 12.7. The van der Waals surface area contributed by atoms with Crippen LogP contribution in [0, 0.1) is 0 Å². The molecule has 2 aromatic heterocycles. The van der Waals surface area contributed by atoms with Gasteiger partial charge in [0.25, 0.3) is 0 Å². The molecule has 1 aliphatic heterocycles. The normalized spacial score (nSPS) is 16.6. The van der Waals surface area contributed by atoms with E-state index in [1.807, 2.05) is 24.0 Å². The molecular weight excluding hydrogens is 321 g/mol. The molecule has 24 heavy (non-hydrogen) atoms. The number of nitrogens with zero attached hydrogens (tertiary/aromatic N) is 6. The fourth-order valence-electron chi connectivity index (χ4n) is 2.68.